The predicted molar refractivity (Wildman–Crippen MR) is 65.5 cm³/mol. The lowest BCUT2D eigenvalue weighted by Gasteiger charge is -2.40. The second kappa shape index (κ2) is 5.28. The molecule has 1 aliphatic carbocycles. The summed E-state index contributed by atoms with van der Waals surface area (Å²) in [6.45, 7) is 6.49. The standard InChI is InChI=1S/C13H24N2O/c1-10(2)15(11-4-3-5-11)9-7-12-13(16)6-8-14-12/h10-12,14H,3-9H2,1-2H3. The summed E-state index contributed by atoms with van der Waals surface area (Å²) in [4.78, 5) is 14.1. The van der Waals surface area contributed by atoms with Crippen molar-refractivity contribution in [2.45, 2.75) is 64.1 Å². The lowest BCUT2D eigenvalue weighted by molar-refractivity contribution is -0.119. The summed E-state index contributed by atoms with van der Waals surface area (Å²) in [5.74, 6) is 0.414. The Labute approximate surface area is 98.6 Å². The highest BCUT2D eigenvalue weighted by Crippen LogP contribution is 2.26. The number of carbonyl (C=O) groups excluding carboxylic acids is 1. The number of nitrogens with one attached hydrogen (secondary N) is 1. The molecule has 1 heterocycles. The fourth-order valence-corrected chi connectivity index (χ4v) is 2.78. The molecule has 2 fully saturated rings. The second-order valence-electron chi connectivity index (χ2n) is 5.43. The number of Topliss-reactive ketones (excluding diaryl/α,β-unsaturated/α-hetero) is 1. The van der Waals surface area contributed by atoms with E-state index in [4.69, 9.17) is 0 Å². The summed E-state index contributed by atoms with van der Waals surface area (Å²) < 4.78 is 0. The summed E-state index contributed by atoms with van der Waals surface area (Å²) in [6, 6.07) is 1.54. The highest BCUT2D eigenvalue weighted by molar-refractivity contribution is 5.86. The van der Waals surface area contributed by atoms with Gasteiger partial charge in [-0.05, 0) is 33.1 Å². The predicted octanol–water partition coefficient (Wildman–Crippen LogP) is 1.57. The highest BCUT2D eigenvalue weighted by atomic mass is 16.1. The number of nitrogens with zero attached hydrogens (tertiary/aromatic N) is 1. The highest BCUT2D eigenvalue weighted by Gasteiger charge is 2.29. The third kappa shape index (κ3) is 2.64. The van der Waals surface area contributed by atoms with Crippen LogP contribution in [0.2, 0.25) is 0 Å². The molecule has 0 radical (unpaired) electrons. The maximum absolute atomic E-state index is 11.5. The molecule has 1 unspecified atom stereocenters. The van der Waals surface area contributed by atoms with Gasteiger partial charge < -0.3 is 5.32 Å². The molecule has 2 rings (SSSR count). The van der Waals surface area contributed by atoms with Gasteiger partial charge >= 0.3 is 0 Å². The first kappa shape index (κ1) is 12.1. The van der Waals surface area contributed by atoms with Crippen LogP contribution in [-0.4, -0.2) is 41.9 Å². The maximum Gasteiger partial charge on any atom is 0.151 e. The summed E-state index contributed by atoms with van der Waals surface area (Å²) in [5.41, 5.74) is 0. The summed E-state index contributed by atoms with van der Waals surface area (Å²) in [5, 5.41) is 3.30. The van der Waals surface area contributed by atoms with Crippen molar-refractivity contribution in [2.24, 2.45) is 0 Å². The van der Waals surface area contributed by atoms with Crippen LogP contribution < -0.4 is 5.32 Å². The minimum atomic E-state index is 0.140. The van der Waals surface area contributed by atoms with Gasteiger partial charge in [0.1, 0.15) is 0 Å². The van der Waals surface area contributed by atoms with Crippen LogP contribution >= 0.6 is 0 Å². The molecular weight excluding hydrogens is 200 g/mol. The molecule has 3 nitrogen and oxygen atoms in total. The number of hydrogen-bond acceptors (Lipinski definition) is 3. The van der Waals surface area contributed by atoms with E-state index in [-0.39, 0.29) is 6.04 Å². The van der Waals surface area contributed by atoms with Gasteiger partial charge in [-0.3, -0.25) is 9.69 Å². The zero-order valence-electron chi connectivity index (χ0n) is 10.5. The van der Waals surface area contributed by atoms with E-state index < -0.39 is 0 Å². The van der Waals surface area contributed by atoms with E-state index in [2.05, 4.69) is 24.1 Å². The number of hydrogen-bond donors (Lipinski definition) is 1. The van der Waals surface area contributed by atoms with E-state index in [9.17, 15) is 4.79 Å². The topological polar surface area (TPSA) is 32.3 Å². The largest absolute Gasteiger partial charge is 0.307 e. The van der Waals surface area contributed by atoms with Gasteiger partial charge in [-0.2, -0.15) is 0 Å². The van der Waals surface area contributed by atoms with Crippen molar-refractivity contribution in [3.05, 3.63) is 0 Å². The molecule has 1 saturated heterocycles. The van der Waals surface area contributed by atoms with Crippen molar-refractivity contribution in [1.82, 2.24) is 10.2 Å². The Morgan fingerprint density at radius 1 is 1.44 bits per heavy atom. The lowest BCUT2D eigenvalue weighted by atomic mass is 9.90. The van der Waals surface area contributed by atoms with Gasteiger partial charge in [-0.25, -0.2) is 0 Å². The van der Waals surface area contributed by atoms with Crippen molar-refractivity contribution >= 4 is 5.78 Å². The molecule has 1 saturated carbocycles. The summed E-state index contributed by atoms with van der Waals surface area (Å²) >= 11 is 0. The van der Waals surface area contributed by atoms with Gasteiger partial charge in [0.25, 0.3) is 0 Å². The van der Waals surface area contributed by atoms with Crippen LogP contribution in [-0.2, 0) is 4.79 Å². The first-order valence-corrected chi connectivity index (χ1v) is 6.70. The van der Waals surface area contributed by atoms with Crippen LogP contribution in [0.3, 0.4) is 0 Å². The maximum atomic E-state index is 11.5. The van der Waals surface area contributed by atoms with Crippen molar-refractivity contribution in [1.29, 1.82) is 0 Å². The Balaban J connectivity index is 1.79. The monoisotopic (exact) mass is 224 g/mol. The average Bonchev–Trinajstić information content (AvgIpc) is 2.55. The van der Waals surface area contributed by atoms with Gasteiger partial charge in [-0.15, -0.1) is 0 Å². The molecule has 0 amide bonds. The zero-order valence-corrected chi connectivity index (χ0v) is 10.5. The van der Waals surface area contributed by atoms with E-state index in [1.807, 2.05) is 0 Å². The molecule has 0 bridgehead atoms. The molecule has 1 aliphatic heterocycles. The van der Waals surface area contributed by atoms with Crippen molar-refractivity contribution in [3.8, 4) is 0 Å². The normalized spacial score (nSPS) is 26.8. The van der Waals surface area contributed by atoms with Crippen LogP contribution in [0.25, 0.3) is 0 Å². The smallest absolute Gasteiger partial charge is 0.151 e. The molecule has 1 N–H and O–H groups in total. The first-order valence-electron chi connectivity index (χ1n) is 6.70. The molecule has 2 aliphatic rings. The summed E-state index contributed by atoms with van der Waals surface area (Å²) in [7, 11) is 0. The van der Waals surface area contributed by atoms with Crippen LogP contribution in [0.5, 0.6) is 0 Å². The molecule has 3 heteroatoms. The molecule has 0 aromatic carbocycles. The molecule has 0 spiro atoms. The van der Waals surface area contributed by atoms with Crippen molar-refractivity contribution in [3.63, 3.8) is 0 Å². The molecule has 16 heavy (non-hydrogen) atoms. The van der Waals surface area contributed by atoms with E-state index in [1.54, 1.807) is 0 Å². The lowest BCUT2D eigenvalue weighted by Crippen LogP contribution is -2.46. The van der Waals surface area contributed by atoms with Gasteiger partial charge in [0.15, 0.2) is 5.78 Å². The van der Waals surface area contributed by atoms with Crippen LogP contribution in [0, 0.1) is 0 Å². The fraction of sp³-hybridized carbons (Fsp3) is 0.923. The van der Waals surface area contributed by atoms with Gasteiger partial charge in [0.2, 0.25) is 0 Å². The van der Waals surface area contributed by atoms with Crippen LogP contribution in [0.1, 0.15) is 46.0 Å². The van der Waals surface area contributed by atoms with Gasteiger partial charge in [-0.1, -0.05) is 6.42 Å². The SMILES string of the molecule is CC(C)N(CCC1NCCC1=O)C1CCC1. The molecular formula is C13H24N2O. The minimum Gasteiger partial charge on any atom is -0.307 e. The third-order valence-electron chi connectivity index (χ3n) is 4.03. The van der Waals surface area contributed by atoms with Crippen molar-refractivity contribution in [2.75, 3.05) is 13.1 Å². The Hall–Kier alpha value is -0.410. The minimum absolute atomic E-state index is 0.140. The van der Waals surface area contributed by atoms with Crippen LogP contribution in [0.15, 0.2) is 0 Å². The quantitative estimate of drug-likeness (QED) is 0.769. The fourth-order valence-electron chi connectivity index (χ4n) is 2.78. The molecule has 0 aromatic rings. The Morgan fingerprint density at radius 2 is 2.19 bits per heavy atom. The number of ketones is 1. The number of rotatable bonds is 5. The summed E-state index contributed by atoms with van der Waals surface area (Å²) in [6.07, 6.45) is 5.81. The Kier molecular flexibility index (Phi) is 3.98. The molecule has 1 atom stereocenters. The van der Waals surface area contributed by atoms with Crippen molar-refractivity contribution < 1.29 is 4.79 Å². The zero-order chi connectivity index (χ0) is 11.5. The van der Waals surface area contributed by atoms with Gasteiger partial charge in [0.05, 0.1) is 6.04 Å². The number of carbonyl (C=O) groups is 1. The third-order valence-corrected chi connectivity index (χ3v) is 4.03. The van der Waals surface area contributed by atoms with E-state index >= 15 is 0 Å². The van der Waals surface area contributed by atoms with Gasteiger partial charge in [0, 0.05) is 31.6 Å². The molecule has 0 aromatic heterocycles. The van der Waals surface area contributed by atoms with E-state index in [1.165, 1.54) is 19.3 Å². The Bertz CT molecular complexity index is 248. The van der Waals surface area contributed by atoms with E-state index in [0.717, 1.165) is 32.0 Å². The van der Waals surface area contributed by atoms with Crippen LogP contribution in [0.4, 0.5) is 0 Å². The average molecular weight is 224 g/mol. The second-order valence-corrected chi connectivity index (χ2v) is 5.43. The Morgan fingerprint density at radius 3 is 2.62 bits per heavy atom. The first-order chi connectivity index (χ1) is 7.68. The molecule has 92 valence electrons. The van der Waals surface area contributed by atoms with E-state index in [0.29, 0.717) is 11.8 Å².